The van der Waals surface area contributed by atoms with Crippen LogP contribution < -0.4 is 16.0 Å². The Kier molecular flexibility index (Phi) is 6.51. The first-order chi connectivity index (χ1) is 14.7. The second kappa shape index (κ2) is 9.65. The molecule has 1 aliphatic rings. The van der Waals surface area contributed by atoms with Crippen molar-refractivity contribution in [3.8, 4) is 11.3 Å². The van der Waals surface area contributed by atoms with E-state index in [4.69, 9.17) is 11.6 Å². The number of carbonyl (C=O) groups is 1. The average molecular weight is 423 g/mol. The number of carbonyl (C=O) groups excluding carboxylic acids is 1. The van der Waals surface area contributed by atoms with E-state index in [2.05, 4.69) is 30.9 Å². The molecule has 1 aliphatic heterocycles. The van der Waals surface area contributed by atoms with E-state index < -0.39 is 0 Å². The Morgan fingerprint density at radius 1 is 1.17 bits per heavy atom. The van der Waals surface area contributed by atoms with Gasteiger partial charge >= 0.3 is 0 Å². The van der Waals surface area contributed by atoms with E-state index in [1.807, 2.05) is 36.4 Å². The van der Waals surface area contributed by atoms with Crippen LogP contribution in [0.15, 0.2) is 54.9 Å². The fourth-order valence-electron chi connectivity index (χ4n) is 3.37. The van der Waals surface area contributed by atoms with E-state index in [1.165, 1.54) is 0 Å². The molecule has 1 saturated heterocycles. The molecule has 0 saturated carbocycles. The summed E-state index contributed by atoms with van der Waals surface area (Å²) in [5, 5.41) is 9.91. The number of nitrogens with one attached hydrogen (secondary N) is 3. The van der Waals surface area contributed by atoms with Gasteiger partial charge in [0.2, 0.25) is 5.91 Å². The number of rotatable bonds is 6. The number of aromatic nitrogens is 3. The number of nitrogens with zero attached hydrogens (tertiary/aromatic N) is 3. The summed E-state index contributed by atoms with van der Waals surface area (Å²) in [6.07, 6.45) is 5.18. The van der Waals surface area contributed by atoms with Crippen LogP contribution in [0.5, 0.6) is 0 Å². The summed E-state index contributed by atoms with van der Waals surface area (Å²) in [5.74, 6) is 1.11. The Balaban J connectivity index is 1.49. The maximum absolute atomic E-state index is 12.5. The highest BCUT2D eigenvalue weighted by molar-refractivity contribution is 6.33. The van der Waals surface area contributed by atoms with Gasteiger partial charge in [0, 0.05) is 24.5 Å². The topological polar surface area (TPSA) is 91.8 Å². The molecule has 3 aromatic heterocycles. The molecule has 0 spiro atoms. The summed E-state index contributed by atoms with van der Waals surface area (Å²) in [6, 6.07) is 13.2. The normalized spacial score (nSPS) is 16.1. The van der Waals surface area contributed by atoms with Crippen LogP contribution in [0.2, 0.25) is 5.02 Å². The standard InChI is InChI=1S/C22H23ClN6O/c23-18-14-27-21(29-22(30)15-5-4-9-24-12-15)11-17(18)19-7-3-8-20(28-19)26-13-16-6-1-2-10-25-16/h1-3,6-8,10-11,14-15,24H,4-5,9,12-13H2,(H,26,28)(H,27,29,30)/t15-/m1/s1. The van der Waals surface area contributed by atoms with Crippen LogP contribution in [0.25, 0.3) is 11.3 Å². The molecule has 0 radical (unpaired) electrons. The molecule has 0 aliphatic carbocycles. The van der Waals surface area contributed by atoms with Gasteiger partial charge in [-0.25, -0.2) is 9.97 Å². The van der Waals surface area contributed by atoms with Crippen LogP contribution >= 0.6 is 11.6 Å². The van der Waals surface area contributed by atoms with Crippen LogP contribution in [0.1, 0.15) is 18.5 Å². The maximum atomic E-state index is 12.5. The van der Waals surface area contributed by atoms with Gasteiger partial charge in [-0.15, -0.1) is 0 Å². The molecule has 1 atom stereocenters. The second-order valence-electron chi connectivity index (χ2n) is 7.16. The molecule has 0 aromatic carbocycles. The van der Waals surface area contributed by atoms with Crippen molar-refractivity contribution in [3.05, 3.63) is 65.6 Å². The Morgan fingerprint density at radius 3 is 2.90 bits per heavy atom. The molecular weight excluding hydrogens is 400 g/mol. The molecule has 4 heterocycles. The summed E-state index contributed by atoms with van der Waals surface area (Å²) in [7, 11) is 0. The highest BCUT2D eigenvalue weighted by atomic mass is 35.5. The first-order valence-electron chi connectivity index (χ1n) is 9.97. The van der Waals surface area contributed by atoms with Gasteiger partial charge in [-0.2, -0.15) is 0 Å². The summed E-state index contributed by atoms with van der Waals surface area (Å²) in [5.41, 5.74) is 2.34. The lowest BCUT2D eigenvalue weighted by molar-refractivity contribution is -0.120. The fraction of sp³-hybridized carbons (Fsp3) is 0.273. The van der Waals surface area contributed by atoms with Gasteiger partial charge in [0.25, 0.3) is 0 Å². The molecule has 30 heavy (non-hydrogen) atoms. The highest BCUT2D eigenvalue weighted by Crippen LogP contribution is 2.29. The van der Waals surface area contributed by atoms with E-state index in [1.54, 1.807) is 18.5 Å². The van der Waals surface area contributed by atoms with Gasteiger partial charge in [-0.3, -0.25) is 9.78 Å². The largest absolute Gasteiger partial charge is 0.364 e. The maximum Gasteiger partial charge on any atom is 0.229 e. The van der Waals surface area contributed by atoms with E-state index >= 15 is 0 Å². The Labute approximate surface area is 180 Å². The summed E-state index contributed by atoms with van der Waals surface area (Å²) < 4.78 is 0. The molecule has 8 heteroatoms. The lowest BCUT2D eigenvalue weighted by Gasteiger charge is -2.21. The van der Waals surface area contributed by atoms with Crippen LogP contribution in [0.3, 0.4) is 0 Å². The number of hydrogen-bond acceptors (Lipinski definition) is 6. The third kappa shape index (κ3) is 5.11. The molecule has 1 amide bonds. The Bertz CT molecular complexity index is 1010. The number of hydrogen-bond donors (Lipinski definition) is 3. The van der Waals surface area contributed by atoms with Crippen molar-refractivity contribution in [2.24, 2.45) is 5.92 Å². The monoisotopic (exact) mass is 422 g/mol. The summed E-state index contributed by atoms with van der Waals surface area (Å²) in [4.78, 5) is 25.7. The minimum Gasteiger partial charge on any atom is -0.364 e. The highest BCUT2D eigenvalue weighted by Gasteiger charge is 2.21. The van der Waals surface area contributed by atoms with Crippen molar-refractivity contribution in [2.45, 2.75) is 19.4 Å². The van der Waals surface area contributed by atoms with Crippen molar-refractivity contribution in [3.63, 3.8) is 0 Å². The first-order valence-corrected chi connectivity index (χ1v) is 10.3. The quantitative estimate of drug-likeness (QED) is 0.560. The van der Waals surface area contributed by atoms with E-state index in [9.17, 15) is 4.79 Å². The predicted molar refractivity (Wildman–Crippen MR) is 118 cm³/mol. The SMILES string of the molecule is O=C(Nc1cc(-c2cccc(NCc3ccccn3)n2)c(Cl)cn1)[C@@H]1CCCNC1. The fourth-order valence-corrected chi connectivity index (χ4v) is 3.57. The number of piperidine rings is 1. The minimum atomic E-state index is -0.0445. The zero-order chi connectivity index (χ0) is 20.8. The molecule has 3 N–H and O–H groups in total. The van der Waals surface area contributed by atoms with Gasteiger partial charge in [-0.05, 0) is 49.7 Å². The number of pyridine rings is 3. The summed E-state index contributed by atoms with van der Waals surface area (Å²) in [6.45, 7) is 2.22. The Hall–Kier alpha value is -3.03. The van der Waals surface area contributed by atoms with Gasteiger partial charge in [0.05, 0.1) is 28.9 Å². The molecule has 4 rings (SSSR count). The lowest BCUT2D eigenvalue weighted by atomic mass is 9.99. The van der Waals surface area contributed by atoms with Crippen LogP contribution in [0.4, 0.5) is 11.6 Å². The van der Waals surface area contributed by atoms with Crippen LogP contribution in [-0.4, -0.2) is 33.9 Å². The van der Waals surface area contributed by atoms with Gasteiger partial charge in [0.15, 0.2) is 0 Å². The summed E-state index contributed by atoms with van der Waals surface area (Å²) >= 11 is 6.39. The smallest absolute Gasteiger partial charge is 0.229 e. The number of anilines is 2. The first kappa shape index (κ1) is 20.3. The van der Waals surface area contributed by atoms with Crippen molar-refractivity contribution in [1.82, 2.24) is 20.3 Å². The molecule has 3 aromatic rings. The average Bonchev–Trinajstić information content (AvgIpc) is 2.80. The van der Waals surface area contributed by atoms with E-state index in [0.29, 0.717) is 41.0 Å². The zero-order valence-electron chi connectivity index (χ0n) is 16.4. The molecule has 0 bridgehead atoms. The third-order valence-electron chi connectivity index (χ3n) is 4.98. The Morgan fingerprint density at radius 2 is 2.10 bits per heavy atom. The predicted octanol–water partition coefficient (Wildman–Crippen LogP) is 3.74. The van der Waals surface area contributed by atoms with Gasteiger partial charge in [-0.1, -0.05) is 23.7 Å². The van der Waals surface area contributed by atoms with Gasteiger partial charge < -0.3 is 16.0 Å². The zero-order valence-corrected chi connectivity index (χ0v) is 17.2. The van der Waals surface area contributed by atoms with Gasteiger partial charge in [0.1, 0.15) is 11.6 Å². The number of amides is 1. The van der Waals surface area contributed by atoms with Crippen molar-refractivity contribution < 1.29 is 4.79 Å². The van der Waals surface area contributed by atoms with Crippen molar-refractivity contribution in [1.29, 1.82) is 0 Å². The van der Waals surface area contributed by atoms with Crippen molar-refractivity contribution in [2.75, 3.05) is 23.7 Å². The van der Waals surface area contributed by atoms with E-state index in [-0.39, 0.29) is 11.8 Å². The van der Waals surface area contributed by atoms with Crippen LogP contribution in [-0.2, 0) is 11.3 Å². The molecule has 154 valence electrons. The third-order valence-corrected chi connectivity index (χ3v) is 5.28. The van der Waals surface area contributed by atoms with Crippen molar-refractivity contribution >= 4 is 29.1 Å². The molecule has 7 nitrogen and oxygen atoms in total. The lowest BCUT2D eigenvalue weighted by Crippen LogP contribution is -2.37. The molecule has 0 unspecified atom stereocenters. The minimum absolute atomic E-state index is 0.0262. The molecule has 1 fully saturated rings. The van der Waals surface area contributed by atoms with E-state index in [0.717, 1.165) is 25.1 Å². The number of halogens is 1. The van der Waals surface area contributed by atoms with Crippen LogP contribution in [0, 0.1) is 5.92 Å². The molecular formula is C22H23ClN6O. The second-order valence-corrected chi connectivity index (χ2v) is 7.57.